The molecular formula is C19H33N3O2. The summed E-state index contributed by atoms with van der Waals surface area (Å²) in [4.78, 5) is 4.62. The Labute approximate surface area is 146 Å². The first kappa shape index (κ1) is 20.5. The summed E-state index contributed by atoms with van der Waals surface area (Å²) in [6.07, 6.45) is 0.0855. The van der Waals surface area contributed by atoms with E-state index in [4.69, 9.17) is 9.47 Å². The summed E-state index contributed by atoms with van der Waals surface area (Å²) in [6.45, 7) is 12.0. The number of aliphatic imine (C=N–C) groups is 1. The number of benzene rings is 1. The monoisotopic (exact) mass is 335 g/mol. The predicted molar refractivity (Wildman–Crippen MR) is 100 cm³/mol. The molecule has 0 aliphatic carbocycles. The first-order chi connectivity index (χ1) is 11.5. The van der Waals surface area contributed by atoms with Crippen LogP contribution in [0.3, 0.4) is 0 Å². The second-order valence-corrected chi connectivity index (χ2v) is 6.77. The predicted octanol–water partition coefficient (Wildman–Crippen LogP) is 2.82. The Bertz CT molecular complexity index is 469. The highest BCUT2D eigenvalue weighted by Crippen LogP contribution is 2.21. The Morgan fingerprint density at radius 2 is 1.88 bits per heavy atom. The van der Waals surface area contributed by atoms with Crippen molar-refractivity contribution in [2.45, 2.75) is 40.4 Å². The molecule has 0 heterocycles. The molecule has 0 radical (unpaired) electrons. The summed E-state index contributed by atoms with van der Waals surface area (Å²) in [5.41, 5.74) is 1.25. The molecule has 0 fully saturated rings. The van der Waals surface area contributed by atoms with Gasteiger partial charge in [-0.25, -0.2) is 0 Å². The van der Waals surface area contributed by atoms with Crippen LogP contribution < -0.4 is 10.6 Å². The van der Waals surface area contributed by atoms with Crippen LogP contribution in [0, 0.1) is 5.41 Å². The van der Waals surface area contributed by atoms with E-state index in [1.165, 1.54) is 5.56 Å². The summed E-state index contributed by atoms with van der Waals surface area (Å²) in [7, 11) is 1.74. The molecule has 24 heavy (non-hydrogen) atoms. The number of hydrogen-bond acceptors (Lipinski definition) is 3. The van der Waals surface area contributed by atoms with E-state index in [0.717, 1.165) is 12.5 Å². The number of nitrogens with one attached hydrogen (secondary N) is 2. The summed E-state index contributed by atoms with van der Waals surface area (Å²) < 4.78 is 11.2. The lowest BCUT2D eigenvalue weighted by Gasteiger charge is -2.28. The Morgan fingerprint density at radius 1 is 1.17 bits per heavy atom. The number of guanidine groups is 1. The van der Waals surface area contributed by atoms with Crippen molar-refractivity contribution in [3.63, 3.8) is 0 Å². The van der Waals surface area contributed by atoms with Gasteiger partial charge in [-0.15, -0.1) is 0 Å². The van der Waals surface area contributed by atoms with Crippen molar-refractivity contribution >= 4 is 5.96 Å². The van der Waals surface area contributed by atoms with Gasteiger partial charge in [0.25, 0.3) is 0 Å². The molecule has 136 valence electrons. The van der Waals surface area contributed by atoms with E-state index in [1.807, 2.05) is 18.2 Å². The van der Waals surface area contributed by atoms with Gasteiger partial charge < -0.3 is 20.1 Å². The van der Waals surface area contributed by atoms with Crippen LogP contribution in [0.5, 0.6) is 0 Å². The molecule has 1 atom stereocenters. The van der Waals surface area contributed by atoms with E-state index >= 15 is 0 Å². The zero-order valence-corrected chi connectivity index (χ0v) is 15.8. The number of methoxy groups -OCH3 is 1. The fraction of sp³-hybridized carbons (Fsp3) is 0.632. The lowest BCUT2D eigenvalue weighted by atomic mass is 9.89. The second-order valence-electron chi connectivity index (χ2n) is 6.77. The third kappa shape index (κ3) is 8.31. The minimum Gasteiger partial charge on any atom is -0.379 e. The van der Waals surface area contributed by atoms with Crippen LogP contribution in [0.4, 0.5) is 0 Å². The SMILES string of the molecule is CCNC(=NCC(OC)C(C)(C)C)NCCOCc1ccccc1. The maximum Gasteiger partial charge on any atom is 0.191 e. The molecule has 0 aromatic heterocycles. The van der Waals surface area contributed by atoms with Crippen molar-refractivity contribution in [1.29, 1.82) is 0 Å². The van der Waals surface area contributed by atoms with Crippen LogP contribution >= 0.6 is 0 Å². The second kappa shape index (κ2) is 11.0. The van der Waals surface area contributed by atoms with Gasteiger partial charge in [0.1, 0.15) is 0 Å². The molecule has 0 saturated heterocycles. The minimum atomic E-state index is 0.0639. The fourth-order valence-corrected chi connectivity index (χ4v) is 2.22. The van der Waals surface area contributed by atoms with E-state index in [0.29, 0.717) is 26.3 Å². The summed E-state index contributed by atoms with van der Waals surface area (Å²) in [5, 5.41) is 6.55. The van der Waals surface area contributed by atoms with E-state index in [-0.39, 0.29) is 11.5 Å². The molecule has 0 aliphatic rings. The van der Waals surface area contributed by atoms with Crippen molar-refractivity contribution in [3.8, 4) is 0 Å². The summed E-state index contributed by atoms with van der Waals surface area (Å²) in [5.74, 6) is 0.798. The van der Waals surface area contributed by atoms with Gasteiger partial charge in [-0.05, 0) is 17.9 Å². The smallest absolute Gasteiger partial charge is 0.191 e. The third-order valence-corrected chi connectivity index (χ3v) is 3.66. The molecule has 1 rings (SSSR count). The Morgan fingerprint density at radius 3 is 2.46 bits per heavy atom. The first-order valence-electron chi connectivity index (χ1n) is 8.64. The molecule has 1 aromatic rings. The van der Waals surface area contributed by atoms with Crippen molar-refractivity contribution in [3.05, 3.63) is 35.9 Å². The molecule has 0 aliphatic heterocycles. The van der Waals surface area contributed by atoms with Crippen LogP contribution in [0.1, 0.15) is 33.3 Å². The van der Waals surface area contributed by atoms with Crippen molar-refractivity contribution < 1.29 is 9.47 Å². The Balaban J connectivity index is 2.35. The zero-order chi connectivity index (χ0) is 17.8. The lowest BCUT2D eigenvalue weighted by molar-refractivity contribution is 0.0241. The highest BCUT2D eigenvalue weighted by Gasteiger charge is 2.23. The van der Waals surface area contributed by atoms with Crippen molar-refractivity contribution in [2.24, 2.45) is 10.4 Å². The third-order valence-electron chi connectivity index (χ3n) is 3.66. The first-order valence-corrected chi connectivity index (χ1v) is 8.64. The average molecular weight is 335 g/mol. The van der Waals surface area contributed by atoms with Gasteiger partial charge in [0.15, 0.2) is 5.96 Å². The quantitative estimate of drug-likeness (QED) is 0.414. The van der Waals surface area contributed by atoms with Crippen molar-refractivity contribution in [2.75, 3.05) is 33.4 Å². The lowest BCUT2D eigenvalue weighted by Crippen LogP contribution is -2.40. The van der Waals surface area contributed by atoms with E-state index in [9.17, 15) is 0 Å². The minimum absolute atomic E-state index is 0.0639. The molecule has 2 N–H and O–H groups in total. The maximum atomic E-state index is 5.68. The number of hydrogen-bond donors (Lipinski definition) is 2. The van der Waals surface area contributed by atoms with Gasteiger partial charge >= 0.3 is 0 Å². The molecule has 5 heteroatoms. The van der Waals surface area contributed by atoms with Crippen LogP contribution in [0.25, 0.3) is 0 Å². The molecule has 0 saturated carbocycles. The largest absolute Gasteiger partial charge is 0.379 e. The van der Waals surface area contributed by atoms with Crippen LogP contribution in [-0.4, -0.2) is 45.4 Å². The molecule has 0 spiro atoms. The molecule has 5 nitrogen and oxygen atoms in total. The fourth-order valence-electron chi connectivity index (χ4n) is 2.22. The van der Waals surface area contributed by atoms with E-state index in [1.54, 1.807) is 7.11 Å². The highest BCUT2D eigenvalue weighted by atomic mass is 16.5. The molecule has 0 bridgehead atoms. The van der Waals surface area contributed by atoms with Crippen molar-refractivity contribution in [1.82, 2.24) is 10.6 Å². The van der Waals surface area contributed by atoms with Crippen LogP contribution in [-0.2, 0) is 16.1 Å². The normalized spacial score (nSPS) is 13.6. The average Bonchev–Trinajstić information content (AvgIpc) is 2.54. The Hall–Kier alpha value is -1.59. The van der Waals surface area contributed by atoms with Crippen LogP contribution in [0.2, 0.25) is 0 Å². The van der Waals surface area contributed by atoms with Gasteiger partial charge in [-0.3, -0.25) is 4.99 Å². The molecule has 1 unspecified atom stereocenters. The van der Waals surface area contributed by atoms with Gasteiger partial charge in [-0.2, -0.15) is 0 Å². The van der Waals surface area contributed by atoms with Gasteiger partial charge in [0.2, 0.25) is 0 Å². The van der Waals surface area contributed by atoms with Gasteiger partial charge in [-0.1, -0.05) is 51.1 Å². The maximum absolute atomic E-state index is 5.68. The number of nitrogens with zero attached hydrogens (tertiary/aromatic N) is 1. The molecular weight excluding hydrogens is 302 g/mol. The molecule has 0 amide bonds. The standard InChI is InChI=1S/C19H33N3O2/c1-6-20-18(22-14-17(23-5)19(2,3)4)21-12-13-24-15-16-10-8-7-9-11-16/h7-11,17H,6,12-15H2,1-5H3,(H2,20,21,22). The highest BCUT2D eigenvalue weighted by molar-refractivity contribution is 5.79. The topological polar surface area (TPSA) is 54.9 Å². The Kier molecular flexibility index (Phi) is 9.42. The van der Waals surface area contributed by atoms with Gasteiger partial charge in [0.05, 0.1) is 25.9 Å². The number of ether oxygens (including phenoxy) is 2. The zero-order valence-electron chi connectivity index (χ0n) is 15.8. The van der Waals surface area contributed by atoms with Crippen LogP contribution in [0.15, 0.2) is 35.3 Å². The summed E-state index contributed by atoms with van der Waals surface area (Å²) >= 11 is 0. The molecule has 1 aromatic carbocycles. The number of rotatable bonds is 9. The van der Waals surface area contributed by atoms with E-state index < -0.39 is 0 Å². The summed E-state index contributed by atoms with van der Waals surface area (Å²) in [6, 6.07) is 10.2. The van der Waals surface area contributed by atoms with E-state index in [2.05, 4.69) is 55.5 Å². The van der Waals surface area contributed by atoms with Gasteiger partial charge in [0, 0.05) is 20.2 Å².